The molecule has 1 aliphatic heterocycles. The first-order valence-electron chi connectivity index (χ1n) is 7.55. The minimum atomic E-state index is -0.0618. The van der Waals surface area contributed by atoms with Crippen LogP contribution in [0.4, 0.5) is 0 Å². The molecule has 5 nitrogen and oxygen atoms in total. The minimum absolute atomic E-state index is 0.0618. The molecule has 0 radical (unpaired) electrons. The molecule has 1 saturated carbocycles. The lowest BCUT2D eigenvalue weighted by Crippen LogP contribution is -2.44. The van der Waals surface area contributed by atoms with Crippen LogP contribution in [0, 0.1) is 11.8 Å². The number of hydrazine groups is 1. The minimum Gasteiger partial charge on any atom is -0.348 e. The van der Waals surface area contributed by atoms with Crippen molar-refractivity contribution in [1.29, 1.82) is 0 Å². The van der Waals surface area contributed by atoms with Crippen LogP contribution < -0.4 is 16.2 Å². The van der Waals surface area contributed by atoms with Gasteiger partial charge in [-0.1, -0.05) is 6.42 Å². The van der Waals surface area contributed by atoms with Crippen LogP contribution in [0.5, 0.6) is 0 Å². The zero-order chi connectivity index (χ0) is 14.8. The Hall–Kier alpha value is -0.980. The van der Waals surface area contributed by atoms with E-state index in [1.54, 1.807) is 6.20 Å². The summed E-state index contributed by atoms with van der Waals surface area (Å²) < 4.78 is 0.947. The Labute approximate surface area is 133 Å². The van der Waals surface area contributed by atoms with Gasteiger partial charge >= 0.3 is 0 Å². The van der Waals surface area contributed by atoms with Gasteiger partial charge in [-0.2, -0.15) is 0 Å². The van der Waals surface area contributed by atoms with Crippen LogP contribution in [0.3, 0.4) is 0 Å². The molecule has 0 spiro atoms. The molecule has 1 aromatic heterocycles. The van der Waals surface area contributed by atoms with Gasteiger partial charge < -0.3 is 5.32 Å². The van der Waals surface area contributed by atoms with Crippen LogP contribution >= 0.6 is 15.9 Å². The average Bonchev–Trinajstić information content (AvgIpc) is 2.96. The molecule has 114 valence electrons. The Kier molecular flexibility index (Phi) is 4.57. The first-order chi connectivity index (χ1) is 10.1. The molecule has 2 heterocycles. The molecule has 1 saturated heterocycles. The largest absolute Gasteiger partial charge is 0.348 e. The van der Waals surface area contributed by atoms with Crippen molar-refractivity contribution in [2.24, 2.45) is 11.8 Å². The number of nitrogens with zero attached hydrogens (tertiary/aromatic N) is 1. The molecule has 21 heavy (non-hydrogen) atoms. The number of amides is 1. The number of hydrogen-bond donors (Lipinski definition) is 3. The molecule has 4 unspecified atom stereocenters. The van der Waals surface area contributed by atoms with Crippen molar-refractivity contribution in [2.45, 2.75) is 38.3 Å². The lowest BCUT2D eigenvalue weighted by molar-refractivity contribution is -0.128. The van der Waals surface area contributed by atoms with E-state index in [0.717, 1.165) is 36.0 Å². The van der Waals surface area contributed by atoms with Gasteiger partial charge in [-0.25, -0.2) is 0 Å². The normalized spacial score (nSPS) is 29.7. The van der Waals surface area contributed by atoms with Crippen molar-refractivity contribution in [3.8, 4) is 0 Å². The Bertz CT molecular complexity index is 507. The monoisotopic (exact) mass is 352 g/mol. The van der Waals surface area contributed by atoms with Gasteiger partial charge in [0.05, 0.1) is 11.7 Å². The molecule has 3 N–H and O–H groups in total. The summed E-state index contributed by atoms with van der Waals surface area (Å²) in [5, 5.41) is 3.13. The van der Waals surface area contributed by atoms with Crippen molar-refractivity contribution in [3.05, 3.63) is 28.5 Å². The van der Waals surface area contributed by atoms with E-state index in [9.17, 15) is 4.79 Å². The average molecular weight is 353 g/mol. The van der Waals surface area contributed by atoms with E-state index in [4.69, 9.17) is 0 Å². The number of nitrogens with one attached hydrogen (secondary N) is 3. The second kappa shape index (κ2) is 6.42. The van der Waals surface area contributed by atoms with Crippen molar-refractivity contribution in [1.82, 2.24) is 21.2 Å². The van der Waals surface area contributed by atoms with Crippen molar-refractivity contribution in [2.75, 3.05) is 6.54 Å². The van der Waals surface area contributed by atoms with Crippen LogP contribution in [0.2, 0.25) is 0 Å². The molecule has 1 amide bonds. The molecule has 0 aromatic carbocycles. The third kappa shape index (κ3) is 3.27. The number of fused-ring (bicyclic) bond motifs is 1. The molecule has 1 aliphatic carbocycles. The van der Waals surface area contributed by atoms with Crippen LogP contribution in [-0.2, 0) is 4.79 Å². The SMILES string of the molecule is CC(NC(=O)C1CCCC2NNCC21)c1ccc(Br)cn1. The fourth-order valence-corrected chi connectivity index (χ4v) is 3.64. The van der Waals surface area contributed by atoms with E-state index >= 15 is 0 Å². The molecule has 1 aromatic rings. The molecule has 6 heteroatoms. The summed E-state index contributed by atoms with van der Waals surface area (Å²) in [7, 11) is 0. The van der Waals surface area contributed by atoms with E-state index in [-0.39, 0.29) is 17.9 Å². The van der Waals surface area contributed by atoms with Gasteiger partial charge in [0.25, 0.3) is 0 Å². The summed E-state index contributed by atoms with van der Waals surface area (Å²) in [5.41, 5.74) is 7.37. The van der Waals surface area contributed by atoms with Gasteiger partial charge in [0.15, 0.2) is 0 Å². The maximum absolute atomic E-state index is 12.6. The molecule has 2 aliphatic rings. The first kappa shape index (κ1) is 14.9. The number of pyridine rings is 1. The summed E-state index contributed by atoms with van der Waals surface area (Å²) in [4.78, 5) is 16.9. The molecule has 0 bridgehead atoms. The van der Waals surface area contributed by atoms with E-state index in [2.05, 4.69) is 37.1 Å². The van der Waals surface area contributed by atoms with Gasteiger partial charge in [0.1, 0.15) is 0 Å². The highest BCUT2D eigenvalue weighted by Crippen LogP contribution is 2.32. The molecular weight excluding hydrogens is 332 g/mol. The van der Waals surface area contributed by atoms with Crippen molar-refractivity contribution in [3.63, 3.8) is 0 Å². The first-order valence-corrected chi connectivity index (χ1v) is 8.34. The number of carbonyl (C=O) groups excluding carboxylic acids is 1. The summed E-state index contributed by atoms with van der Waals surface area (Å²) in [5.74, 6) is 0.667. The molecule has 4 atom stereocenters. The van der Waals surface area contributed by atoms with Crippen LogP contribution in [-0.4, -0.2) is 23.5 Å². The highest BCUT2D eigenvalue weighted by atomic mass is 79.9. The predicted octanol–water partition coefficient (Wildman–Crippen LogP) is 1.91. The lowest BCUT2D eigenvalue weighted by atomic mass is 9.76. The highest BCUT2D eigenvalue weighted by Gasteiger charge is 2.40. The summed E-state index contributed by atoms with van der Waals surface area (Å²) in [6, 6.07) is 4.27. The lowest BCUT2D eigenvalue weighted by Gasteiger charge is -2.32. The van der Waals surface area contributed by atoms with Crippen LogP contribution in [0.1, 0.15) is 37.9 Å². The van der Waals surface area contributed by atoms with E-state index in [1.165, 1.54) is 0 Å². The van der Waals surface area contributed by atoms with E-state index in [0.29, 0.717) is 12.0 Å². The van der Waals surface area contributed by atoms with E-state index < -0.39 is 0 Å². The third-order valence-corrected chi connectivity index (χ3v) is 5.05. The van der Waals surface area contributed by atoms with Crippen LogP contribution in [0.15, 0.2) is 22.8 Å². The number of halogens is 1. The Morgan fingerprint density at radius 3 is 3.10 bits per heavy atom. The maximum atomic E-state index is 12.6. The number of aromatic nitrogens is 1. The van der Waals surface area contributed by atoms with Gasteiger partial charge in [-0.3, -0.25) is 20.6 Å². The topological polar surface area (TPSA) is 66.1 Å². The zero-order valence-electron chi connectivity index (χ0n) is 12.1. The number of rotatable bonds is 3. The van der Waals surface area contributed by atoms with Crippen LogP contribution in [0.25, 0.3) is 0 Å². The Morgan fingerprint density at radius 2 is 2.33 bits per heavy atom. The number of carbonyl (C=O) groups is 1. The smallest absolute Gasteiger partial charge is 0.224 e. The highest BCUT2D eigenvalue weighted by molar-refractivity contribution is 9.10. The van der Waals surface area contributed by atoms with Gasteiger partial charge in [-0.15, -0.1) is 0 Å². The second-order valence-corrected chi connectivity index (χ2v) is 6.88. The third-order valence-electron chi connectivity index (χ3n) is 4.58. The van der Waals surface area contributed by atoms with Crippen molar-refractivity contribution >= 4 is 21.8 Å². The fourth-order valence-electron chi connectivity index (χ4n) is 3.40. The summed E-state index contributed by atoms with van der Waals surface area (Å²) >= 11 is 3.37. The van der Waals surface area contributed by atoms with E-state index in [1.807, 2.05) is 19.1 Å². The maximum Gasteiger partial charge on any atom is 0.224 e. The Balaban J connectivity index is 1.64. The van der Waals surface area contributed by atoms with Gasteiger partial charge in [-0.05, 0) is 47.8 Å². The second-order valence-electron chi connectivity index (χ2n) is 5.96. The Morgan fingerprint density at radius 1 is 1.48 bits per heavy atom. The van der Waals surface area contributed by atoms with Crippen molar-refractivity contribution < 1.29 is 4.79 Å². The predicted molar refractivity (Wildman–Crippen MR) is 84.3 cm³/mol. The number of hydrogen-bond acceptors (Lipinski definition) is 4. The summed E-state index contributed by atoms with van der Waals surface area (Å²) in [6.07, 6.45) is 5.01. The standard InChI is InChI=1S/C15H21BrN4O/c1-9(13-6-5-10(16)7-17-13)19-15(21)11-3-2-4-14-12(11)8-18-20-14/h5-7,9,11-12,14,18,20H,2-4,8H2,1H3,(H,19,21). The molecule has 2 fully saturated rings. The van der Waals surface area contributed by atoms with Gasteiger partial charge in [0.2, 0.25) is 5.91 Å². The quantitative estimate of drug-likeness (QED) is 0.777. The summed E-state index contributed by atoms with van der Waals surface area (Å²) in [6.45, 7) is 2.87. The molecular formula is C15H21BrN4O. The zero-order valence-corrected chi connectivity index (χ0v) is 13.7. The fraction of sp³-hybridized carbons (Fsp3) is 0.600. The molecule has 3 rings (SSSR count). The van der Waals surface area contributed by atoms with Gasteiger partial charge in [0, 0.05) is 35.1 Å².